The topological polar surface area (TPSA) is 79.8 Å². The first-order chi connectivity index (χ1) is 15.0. The Morgan fingerprint density at radius 2 is 1.84 bits per heavy atom. The van der Waals surface area contributed by atoms with Crippen LogP contribution in [0.1, 0.15) is 0 Å². The van der Waals surface area contributed by atoms with Gasteiger partial charge in [0.15, 0.2) is 5.75 Å². The van der Waals surface area contributed by atoms with E-state index in [4.69, 9.17) is 4.74 Å². The predicted molar refractivity (Wildman–Crippen MR) is 97.2 cm³/mol. The van der Waals surface area contributed by atoms with Gasteiger partial charge in [-0.1, -0.05) is 6.07 Å². The van der Waals surface area contributed by atoms with E-state index >= 15 is 0 Å². The molecule has 0 aliphatic carbocycles. The molecule has 4 heterocycles. The van der Waals surface area contributed by atoms with Crippen molar-refractivity contribution in [2.45, 2.75) is 18.6 Å². The van der Waals surface area contributed by atoms with Gasteiger partial charge in [0.1, 0.15) is 12.2 Å². The van der Waals surface area contributed by atoms with Crippen LogP contribution in [0.3, 0.4) is 0 Å². The summed E-state index contributed by atoms with van der Waals surface area (Å²) < 4.78 is 84.7. The van der Waals surface area contributed by atoms with E-state index in [0.717, 1.165) is 30.7 Å². The van der Waals surface area contributed by atoms with E-state index in [1.54, 1.807) is 12.1 Å². The number of hydrogen-bond donors (Lipinski definition) is 0. The molecule has 0 atom stereocenters. The van der Waals surface area contributed by atoms with Gasteiger partial charge in [0.25, 0.3) is 5.69 Å². The number of pyridine rings is 3. The van der Waals surface area contributed by atoms with Crippen LogP contribution in [-0.4, -0.2) is 31.8 Å². The van der Waals surface area contributed by atoms with Gasteiger partial charge < -0.3 is 9.94 Å². The lowest BCUT2D eigenvalue weighted by atomic mass is 10.2. The monoisotopic (exact) mass is 455 g/mol. The molecule has 4 aromatic heterocycles. The number of ether oxygens (including phenoxy) is 1. The van der Waals surface area contributed by atoms with Crippen molar-refractivity contribution in [2.75, 3.05) is 0 Å². The number of nitrogens with zero attached hydrogens (tertiary/aromatic N) is 5. The third-order valence-electron chi connectivity index (χ3n) is 4.35. The summed E-state index contributed by atoms with van der Waals surface area (Å²) in [7, 11) is 0. The van der Waals surface area contributed by atoms with Crippen molar-refractivity contribution in [3.63, 3.8) is 0 Å². The number of aromatic nitrogens is 5. The van der Waals surface area contributed by atoms with Gasteiger partial charge in [-0.3, -0.25) is 4.68 Å². The normalized spacial score (nSPS) is 12.3. The highest BCUT2D eigenvalue weighted by molar-refractivity contribution is 5.81. The molecular formula is C19H11F6N5O2. The zero-order chi connectivity index (χ0) is 23.1. The molecule has 0 bridgehead atoms. The first-order valence-electron chi connectivity index (χ1n) is 8.83. The van der Waals surface area contributed by atoms with Crippen LogP contribution in [0, 0.1) is 11.0 Å². The van der Waals surface area contributed by atoms with Crippen molar-refractivity contribution in [1.82, 2.24) is 19.7 Å². The molecule has 0 saturated carbocycles. The Balaban J connectivity index is 1.66. The molecule has 4 aromatic rings. The van der Waals surface area contributed by atoms with Gasteiger partial charge in [0.2, 0.25) is 17.9 Å². The maximum atomic E-state index is 14.7. The molecule has 0 radical (unpaired) electrons. The third-order valence-corrected chi connectivity index (χ3v) is 4.35. The maximum absolute atomic E-state index is 14.7. The fourth-order valence-corrected chi connectivity index (χ4v) is 2.85. The predicted octanol–water partition coefficient (Wildman–Crippen LogP) is 4.26. The van der Waals surface area contributed by atoms with Gasteiger partial charge in [-0.25, -0.2) is 9.97 Å². The molecule has 13 heteroatoms. The largest absolute Gasteiger partial charge is 0.618 e. The molecule has 0 fully saturated rings. The molecule has 0 unspecified atom stereocenters. The van der Waals surface area contributed by atoms with Crippen molar-refractivity contribution < 1.29 is 35.8 Å². The average molecular weight is 455 g/mol. The van der Waals surface area contributed by atoms with Gasteiger partial charge in [0.05, 0.1) is 17.9 Å². The molecule has 166 valence electrons. The molecule has 0 N–H and O–H groups in total. The molecule has 4 rings (SSSR count). The van der Waals surface area contributed by atoms with Crippen molar-refractivity contribution in [2.24, 2.45) is 0 Å². The van der Waals surface area contributed by atoms with Gasteiger partial charge in [-0.2, -0.15) is 36.2 Å². The fraction of sp³-hybridized carbons (Fsp3) is 0.158. The van der Waals surface area contributed by atoms with Crippen LogP contribution in [0.15, 0.2) is 55.1 Å². The van der Waals surface area contributed by atoms with Gasteiger partial charge in [0, 0.05) is 23.7 Å². The van der Waals surface area contributed by atoms with Gasteiger partial charge >= 0.3 is 12.1 Å². The maximum Gasteiger partial charge on any atom is 0.455 e. The molecule has 0 saturated heterocycles. The lowest BCUT2D eigenvalue weighted by molar-refractivity contribution is -0.595. The highest BCUT2D eigenvalue weighted by Gasteiger charge is 2.57. The quantitative estimate of drug-likeness (QED) is 0.255. The molecule has 32 heavy (non-hydrogen) atoms. The van der Waals surface area contributed by atoms with Crippen LogP contribution in [0.2, 0.25) is 0 Å². The number of halogens is 6. The first-order valence-corrected chi connectivity index (χ1v) is 8.83. The Hall–Kier alpha value is -3.90. The molecule has 0 amide bonds. The highest BCUT2D eigenvalue weighted by atomic mass is 19.4. The zero-order valence-electron chi connectivity index (χ0n) is 15.7. The number of rotatable bonds is 5. The smallest absolute Gasteiger partial charge is 0.455 e. The lowest BCUT2D eigenvalue weighted by Crippen LogP contribution is -2.40. The van der Waals surface area contributed by atoms with Crippen molar-refractivity contribution in [3.05, 3.63) is 66.1 Å². The molecule has 0 aliphatic heterocycles. The lowest BCUT2D eigenvalue weighted by Gasteiger charge is -2.19. The van der Waals surface area contributed by atoms with Crippen molar-refractivity contribution in [3.8, 4) is 23.0 Å². The highest BCUT2D eigenvalue weighted by Crippen LogP contribution is 2.37. The molecule has 0 aromatic carbocycles. The van der Waals surface area contributed by atoms with Crippen LogP contribution < -0.4 is 9.47 Å². The fourth-order valence-electron chi connectivity index (χ4n) is 2.85. The van der Waals surface area contributed by atoms with Crippen molar-refractivity contribution >= 4 is 10.9 Å². The molecule has 7 nitrogen and oxygen atoms in total. The number of hydrogen-bond acceptors (Lipinski definition) is 5. The van der Waals surface area contributed by atoms with Gasteiger partial charge in [-0.15, -0.1) is 0 Å². The summed E-state index contributed by atoms with van der Waals surface area (Å²) in [5.41, 5.74) is -0.837. The van der Waals surface area contributed by atoms with Crippen LogP contribution in [0.25, 0.3) is 22.3 Å². The van der Waals surface area contributed by atoms with Crippen LogP contribution in [0.5, 0.6) is 11.6 Å². The molecule has 0 aliphatic rings. The van der Waals surface area contributed by atoms with E-state index in [1.165, 1.54) is 12.3 Å². The summed E-state index contributed by atoms with van der Waals surface area (Å²) in [5, 5.41) is 16.0. The van der Waals surface area contributed by atoms with Crippen LogP contribution in [-0.2, 0) is 6.54 Å². The van der Waals surface area contributed by atoms with Crippen molar-refractivity contribution in [1.29, 1.82) is 0 Å². The van der Waals surface area contributed by atoms with Crippen LogP contribution >= 0.6 is 0 Å². The minimum absolute atomic E-state index is 0.0844. The number of alkyl halides is 5. The summed E-state index contributed by atoms with van der Waals surface area (Å²) in [6.45, 7) is -1.75. The minimum atomic E-state index is -5.76. The summed E-state index contributed by atoms with van der Waals surface area (Å²) >= 11 is 0. The minimum Gasteiger partial charge on any atom is -0.618 e. The van der Waals surface area contributed by atoms with E-state index in [-0.39, 0.29) is 33.0 Å². The van der Waals surface area contributed by atoms with Crippen LogP contribution in [0.4, 0.5) is 26.3 Å². The summed E-state index contributed by atoms with van der Waals surface area (Å²) in [5.74, 6) is -6.03. The Bertz CT molecular complexity index is 1250. The Morgan fingerprint density at radius 1 is 1.06 bits per heavy atom. The summed E-state index contributed by atoms with van der Waals surface area (Å²) in [4.78, 5) is 7.73. The van der Waals surface area contributed by atoms with E-state index in [0.29, 0.717) is 4.68 Å². The first kappa shape index (κ1) is 21.3. The van der Waals surface area contributed by atoms with E-state index < -0.39 is 30.2 Å². The Labute approximate surface area is 175 Å². The summed E-state index contributed by atoms with van der Waals surface area (Å²) in [6.07, 6.45) is -1.43. The SMILES string of the molecule is [O-][n+]1cc(Oc2ccccn2)cc(F)c1-c1cc2cnn(CC(F)(F)C(F)(F)F)c2cn1. The second-order valence-corrected chi connectivity index (χ2v) is 6.60. The average Bonchev–Trinajstić information content (AvgIpc) is 3.09. The molecular weight excluding hydrogens is 444 g/mol. The van der Waals surface area contributed by atoms with E-state index in [2.05, 4.69) is 15.1 Å². The number of fused-ring (bicyclic) bond motifs is 1. The zero-order valence-corrected chi connectivity index (χ0v) is 15.7. The standard InChI is InChI=1S/C19H11F6N5O2/c20-13-6-12(32-16-3-1-2-4-26-16)9-30(31)17(13)14-5-11-7-28-29(15(11)8-27-14)10-18(21,22)19(23,24)25/h1-9H,10H2. The second-order valence-electron chi connectivity index (χ2n) is 6.60. The van der Waals surface area contributed by atoms with E-state index in [1.807, 2.05) is 0 Å². The Kier molecular flexibility index (Phi) is 5.11. The molecule has 0 spiro atoms. The second kappa shape index (κ2) is 7.66. The Morgan fingerprint density at radius 3 is 2.50 bits per heavy atom. The van der Waals surface area contributed by atoms with E-state index in [9.17, 15) is 31.5 Å². The van der Waals surface area contributed by atoms with Gasteiger partial charge in [-0.05, 0) is 12.1 Å². The third kappa shape index (κ3) is 4.00. The summed E-state index contributed by atoms with van der Waals surface area (Å²) in [6, 6.07) is 6.84.